The van der Waals surface area contributed by atoms with Crippen LogP contribution in [0.15, 0.2) is 0 Å². The number of hydrogen-bond acceptors (Lipinski definition) is 2. The van der Waals surface area contributed by atoms with Gasteiger partial charge in [0.05, 0.1) is 13.0 Å². The predicted molar refractivity (Wildman–Crippen MR) is 94.4 cm³/mol. The topological polar surface area (TPSA) is 18.5 Å². The van der Waals surface area contributed by atoms with Gasteiger partial charge in [-0.25, -0.2) is 0 Å². The largest absolute Gasteiger partial charge is 0.394 e. The Hall–Kier alpha value is 1.24. The predicted octanol–water partition coefficient (Wildman–Crippen LogP) is 8.37. The summed E-state index contributed by atoms with van der Waals surface area (Å²) in [7, 11) is 8.22. The van der Waals surface area contributed by atoms with Crippen LogP contribution in [0.2, 0.25) is 0 Å². The summed E-state index contributed by atoms with van der Waals surface area (Å²) in [6.07, 6.45) is -10.2. The maximum atomic E-state index is 11.9. The first kappa shape index (κ1) is 31.9. The Kier molecular flexibility index (Phi) is 18.6. The standard InChI is InChI=1S/C6H7Cl4F3O.C6H11F3O.Cl2/c1-2-4(7,8)14-5(9,10)3-6(11,12)13;1-2-4-10-5-3-6(7,8)9;1-2/h2-3H2,1H3;2-5H2,1H3;. The number of alkyl halides is 10. The fourth-order valence-corrected chi connectivity index (χ4v) is 1.98. The third kappa shape index (κ3) is 27.5. The first-order chi connectivity index (χ1) is 11.5. The molecule has 0 atom stereocenters. The number of rotatable bonds is 8. The zero-order valence-electron chi connectivity index (χ0n) is 13.6. The van der Waals surface area contributed by atoms with Crippen LogP contribution in [0.1, 0.15) is 39.5 Å². The monoisotopic (exact) mass is 518 g/mol. The molecule has 0 aliphatic heterocycles. The fraction of sp³-hybridized carbons (Fsp3) is 1.00. The molecule has 0 fully saturated rings. The van der Waals surface area contributed by atoms with E-state index in [4.69, 9.17) is 46.4 Å². The second kappa shape index (κ2) is 15.1. The Morgan fingerprint density at radius 3 is 1.50 bits per heavy atom. The van der Waals surface area contributed by atoms with Crippen molar-refractivity contribution >= 4 is 68.1 Å². The highest BCUT2D eigenvalue weighted by Gasteiger charge is 2.45. The zero-order chi connectivity index (χ0) is 21.7. The SMILES string of the molecule is CCC(Cl)(Cl)OC(Cl)(Cl)CC(F)(F)F.CCCOCCC(F)(F)F.ClCl. The molecule has 0 aliphatic rings. The van der Waals surface area contributed by atoms with Crippen LogP contribution in [0.3, 0.4) is 0 Å². The van der Waals surface area contributed by atoms with E-state index in [0.29, 0.717) is 6.61 Å². The highest BCUT2D eigenvalue weighted by atomic mass is 36.5. The molecule has 162 valence electrons. The lowest BCUT2D eigenvalue weighted by atomic mass is 10.4. The molecule has 2 nitrogen and oxygen atoms in total. The van der Waals surface area contributed by atoms with Crippen molar-refractivity contribution < 1.29 is 35.8 Å². The molecule has 0 aliphatic carbocycles. The van der Waals surface area contributed by atoms with Gasteiger partial charge in [-0.3, -0.25) is 0 Å². The molecule has 0 rings (SSSR count). The van der Waals surface area contributed by atoms with Crippen molar-refractivity contribution in [2.24, 2.45) is 0 Å². The lowest BCUT2D eigenvalue weighted by molar-refractivity contribution is -0.160. The number of ether oxygens (including phenoxy) is 2. The van der Waals surface area contributed by atoms with Gasteiger partial charge in [0.2, 0.25) is 9.04 Å². The Morgan fingerprint density at radius 2 is 1.19 bits per heavy atom. The summed E-state index contributed by atoms with van der Waals surface area (Å²) in [4.78, 5) is 0. The molecule has 0 amide bonds. The summed E-state index contributed by atoms with van der Waals surface area (Å²) in [6, 6.07) is 0. The molecule has 0 unspecified atom stereocenters. The molecule has 0 radical (unpaired) electrons. The average molecular weight is 521 g/mol. The lowest BCUT2D eigenvalue weighted by Gasteiger charge is -2.28. The normalized spacial score (nSPS) is 12.7. The summed E-state index contributed by atoms with van der Waals surface area (Å²) in [5.41, 5.74) is 0. The van der Waals surface area contributed by atoms with Crippen molar-refractivity contribution in [3.05, 3.63) is 0 Å². The maximum absolute atomic E-state index is 11.9. The van der Waals surface area contributed by atoms with Gasteiger partial charge in [0.1, 0.15) is 6.42 Å². The van der Waals surface area contributed by atoms with Gasteiger partial charge in [0.15, 0.2) is 0 Å². The number of halogens is 12. The molecule has 0 aromatic carbocycles. The van der Waals surface area contributed by atoms with E-state index in [1.54, 1.807) is 0 Å². The van der Waals surface area contributed by atoms with E-state index in [1.807, 2.05) is 6.92 Å². The Labute approximate surface area is 177 Å². The van der Waals surface area contributed by atoms with Gasteiger partial charge < -0.3 is 9.47 Å². The highest BCUT2D eigenvalue weighted by molar-refractivity contribution is 6.85. The second-order valence-corrected chi connectivity index (χ2v) is 7.33. The molecule has 26 heavy (non-hydrogen) atoms. The summed E-state index contributed by atoms with van der Waals surface area (Å²) in [5, 5.41) is 0. The van der Waals surface area contributed by atoms with Crippen LogP contribution in [0, 0.1) is 0 Å². The minimum absolute atomic E-state index is 0.0508. The number of hydrogen-bond donors (Lipinski definition) is 0. The smallest absolute Gasteiger partial charge is 0.381 e. The summed E-state index contributed by atoms with van der Waals surface area (Å²) in [6.45, 7) is 3.57. The molecule has 0 aromatic rings. The van der Waals surface area contributed by atoms with Crippen LogP contribution in [-0.4, -0.2) is 34.6 Å². The van der Waals surface area contributed by atoms with E-state index in [2.05, 4.69) is 31.2 Å². The van der Waals surface area contributed by atoms with Gasteiger partial charge in [0, 0.05) is 34.7 Å². The van der Waals surface area contributed by atoms with Crippen molar-refractivity contribution in [3.8, 4) is 0 Å². The zero-order valence-corrected chi connectivity index (χ0v) is 18.1. The summed E-state index contributed by atoms with van der Waals surface area (Å²) < 4.78 is 74.7. The van der Waals surface area contributed by atoms with Crippen LogP contribution >= 0.6 is 68.1 Å². The van der Waals surface area contributed by atoms with Crippen LogP contribution in [-0.2, 0) is 9.47 Å². The van der Waals surface area contributed by atoms with Crippen molar-refractivity contribution in [2.75, 3.05) is 13.2 Å². The van der Waals surface area contributed by atoms with Crippen molar-refractivity contribution in [1.82, 2.24) is 0 Å². The van der Waals surface area contributed by atoms with Gasteiger partial charge in [0.25, 0.3) is 0 Å². The molecule has 0 spiro atoms. The van der Waals surface area contributed by atoms with Gasteiger partial charge in [-0.05, 0) is 6.42 Å². The first-order valence-electron chi connectivity index (χ1n) is 6.85. The van der Waals surface area contributed by atoms with Gasteiger partial charge >= 0.3 is 12.4 Å². The van der Waals surface area contributed by atoms with Crippen LogP contribution in [0.25, 0.3) is 0 Å². The maximum Gasteiger partial charge on any atom is 0.394 e. The summed E-state index contributed by atoms with van der Waals surface area (Å²) in [5.74, 6) is 0. The van der Waals surface area contributed by atoms with E-state index in [1.165, 1.54) is 6.92 Å². The first-order valence-corrected chi connectivity index (χ1v) is 9.50. The molecule has 0 bridgehead atoms. The average Bonchev–Trinajstić information content (AvgIpc) is 2.42. The fourth-order valence-electron chi connectivity index (χ4n) is 0.994. The third-order valence-corrected chi connectivity index (χ3v) is 3.11. The van der Waals surface area contributed by atoms with Crippen LogP contribution < -0.4 is 0 Å². The Bertz CT molecular complexity index is 339. The van der Waals surface area contributed by atoms with Gasteiger partial charge in [-0.2, -0.15) is 26.3 Å². The summed E-state index contributed by atoms with van der Waals surface area (Å²) >= 11 is 21.4. The van der Waals surface area contributed by atoms with E-state index < -0.39 is 34.2 Å². The lowest BCUT2D eigenvalue weighted by Crippen LogP contribution is -2.33. The highest BCUT2D eigenvalue weighted by Crippen LogP contribution is 2.42. The van der Waals surface area contributed by atoms with E-state index in [-0.39, 0.29) is 13.0 Å². The van der Waals surface area contributed by atoms with Crippen molar-refractivity contribution in [2.45, 2.75) is 60.9 Å². The van der Waals surface area contributed by atoms with Crippen molar-refractivity contribution in [3.63, 3.8) is 0 Å². The van der Waals surface area contributed by atoms with E-state index >= 15 is 0 Å². The molecule has 0 aromatic heterocycles. The van der Waals surface area contributed by atoms with Gasteiger partial charge in [-0.15, -0.1) is 0 Å². The minimum Gasteiger partial charge on any atom is -0.381 e. The molecule has 0 saturated heterocycles. The molecule has 0 saturated carbocycles. The van der Waals surface area contributed by atoms with E-state index in [9.17, 15) is 26.3 Å². The minimum atomic E-state index is -4.55. The van der Waals surface area contributed by atoms with Crippen LogP contribution in [0.5, 0.6) is 0 Å². The van der Waals surface area contributed by atoms with Crippen LogP contribution in [0.4, 0.5) is 26.3 Å². The molecule has 0 N–H and O–H groups in total. The Balaban J connectivity index is -0.000000388. The second-order valence-electron chi connectivity index (χ2n) is 4.50. The van der Waals surface area contributed by atoms with E-state index in [0.717, 1.165) is 6.42 Å². The van der Waals surface area contributed by atoms with Gasteiger partial charge in [-0.1, -0.05) is 60.3 Å². The molecule has 0 heterocycles. The third-order valence-electron chi connectivity index (χ3n) is 1.99. The molecular weight excluding hydrogens is 503 g/mol. The Morgan fingerprint density at radius 1 is 0.731 bits per heavy atom. The molecule has 14 heteroatoms. The molecular formula is C12H18Cl6F6O2. The van der Waals surface area contributed by atoms with Crippen molar-refractivity contribution in [1.29, 1.82) is 0 Å². The quantitative estimate of drug-likeness (QED) is 0.182.